The number of hydrogen-bond donors (Lipinski definition) is 2. The number of carbonyl (C=O) groups is 1. The Morgan fingerprint density at radius 2 is 1.93 bits per heavy atom. The molecule has 2 N–H and O–H groups in total. The van der Waals surface area contributed by atoms with Crippen molar-refractivity contribution in [2.45, 2.75) is 20.0 Å². The maximum Gasteiger partial charge on any atom is 0.274 e. The van der Waals surface area contributed by atoms with Gasteiger partial charge >= 0.3 is 0 Å². The largest absolute Gasteiger partial charge is 0.491 e. The summed E-state index contributed by atoms with van der Waals surface area (Å²) >= 11 is 0. The van der Waals surface area contributed by atoms with Crippen molar-refractivity contribution in [1.82, 2.24) is 5.48 Å². The third kappa shape index (κ3) is 2.74. The molecule has 14 heavy (non-hydrogen) atoms. The van der Waals surface area contributed by atoms with Gasteiger partial charge < -0.3 is 4.74 Å². The molecule has 0 radical (unpaired) electrons. The molecule has 0 heterocycles. The third-order valence-corrected chi connectivity index (χ3v) is 1.59. The van der Waals surface area contributed by atoms with E-state index >= 15 is 0 Å². The van der Waals surface area contributed by atoms with E-state index in [1.807, 2.05) is 13.8 Å². The second-order valence-corrected chi connectivity index (χ2v) is 3.13. The van der Waals surface area contributed by atoms with Crippen LogP contribution in [0.2, 0.25) is 0 Å². The zero-order valence-electron chi connectivity index (χ0n) is 8.15. The Kier molecular flexibility index (Phi) is 3.48. The number of nitrogens with one attached hydrogen (secondary N) is 1. The van der Waals surface area contributed by atoms with Crippen molar-refractivity contribution in [3.63, 3.8) is 0 Å². The molecule has 0 atom stereocenters. The van der Waals surface area contributed by atoms with Crippen molar-refractivity contribution >= 4 is 5.91 Å². The molecule has 1 rings (SSSR count). The molecule has 0 bridgehead atoms. The van der Waals surface area contributed by atoms with Gasteiger partial charge in [-0.1, -0.05) is 0 Å². The lowest BCUT2D eigenvalue weighted by molar-refractivity contribution is 0.0706. The average Bonchev–Trinajstić information content (AvgIpc) is 2.17. The van der Waals surface area contributed by atoms with Crippen LogP contribution in [0.15, 0.2) is 24.3 Å². The molecule has 0 unspecified atom stereocenters. The highest BCUT2D eigenvalue weighted by Gasteiger charge is 2.03. The molecular weight excluding hydrogens is 182 g/mol. The van der Waals surface area contributed by atoms with Crippen LogP contribution in [0.3, 0.4) is 0 Å². The van der Waals surface area contributed by atoms with E-state index < -0.39 is 5.91 Å². The van der Waals surface area contributed by atoms with Gasteiger partial charge in [-0.2, -0.15) is 0 Å². The summed E-state index contributed by atoms with van der Waals surface area (Å²) in [5.41, 5.74) is 1.95. The maximum absolute atomic E-state index is 10.9. The highest BCUT2D eigenvalue weighted by Crippen LogP contribution is 2.13. The van der Waals surface area contributed by atoms with Crippen molar-refractivity contribution in [3.05, 3.63) is 29.8 Å². The number of hydrogen-bond acceptors (Lipinski definition) is 3. The molecule has 0 spiro atoms. The summed E-state index contributed by atoms with van der Waals surface area (Å²) < 4.78 is 5.39. The highest BCUT2D eigenvalue weighted by molar-refractivity contribution is 5.93. The van der Waals surface area contributed by atoms with E-state index in [9.17, 15) is 4.79 Å². The minimum absolute atomic E-state index is 0.104. The van der Waals surface area contributed by atoms with Gasteiger partial charge in [0.05, 0.1) is 6.10 Å². The second kappa shape index (κ2) is 4.62. The molecule has 0 saturated heterocycles. The Morgan fingerprint density at radius 3 is 2.36 bits per heavy atom. The summed E-state index contributed by atoms with van der Waals surface area (Å²) in [6.07, 6.45) is 0.104. The predicted octanol–water partition coefficient (Wildman–Crippen LogP) is 1.59. The van der Waals surface area contributed by atoms with Crippen LogP contribution in [0.25, 0.3) is 0 Å². The molecule has 0 aliphatic carbocycles. The van der Waals surface area contributed by atoms with Gasteiger partial charge in [-0.25, -0.2) is 5.48 Å². The Balaban J connectivity index is 2.73. The van der Waals surface area contributed by atoms with Crippen LogP contribution >= 0.6 is 0 Å². The molecule has 4 nitrogen and oxygen atoms in total. The number of ether oxygens (including phenoxy) is 1. The quantitative estimate of drug-likeness (QED) is 0.568. The number of rotatable bonds is 3. The van der Waals surface area contributed by atoms with Gasteiger partial charge in [0, 0.05) is 5.56 Å². The lowest BCUT2D eigenvalue weighted by atomic mass is 10.2. The topological polar surface area (TPSA) is 58.6 Å². The van der Waals surface area contributed by atoms with Gasteiger partial charge in [0.2, 0.25) is 0 Å². The summed E-state index contributed by atoms with van der Waals surface area (Å²) in [6, 6.07) is 6.54. The van der Waals surface area contributed by atoms with Gasteiger partial charge in [0.1, 0.15) is 5.75 Å². The van der Waals surface area contributed by atoms with Gasteiger partial charge in [0.15, 0.2) is 0 Å². The zero-order valence-corrected chi connectivity index (χ0v) is 8.15. The van der Waals surface area contributed by atoms with Crippen molar-refractivity contribution in [2.24, 2.45) is 0 Å². The molecule has 4 heteroatoms. The molecule has 0 aliphatic rings. The number of hydroxylamine groups is 1. The van der Waals surface area contributed by atoms with Crippen LogP contribution in [-0.4, -0.2) is 17.2 Å². The first-order valence-electron chi connectivity index (χ1n) is 4.34. The second-order valence-electron chi connectivity index (χ2n) is 3.13. The normalized spacial score (nSPS) is 10.0. The van der Waals surface area contributed by atoms with Gasteiger partial charge in [-0.3, -0.25) is 10.0 Å². The summed E-state index contributed by atoms with van der Waals surface area (Å²) in [6.45, 7) is 3.85. The Morgan fingerprint density at radius 1 is 1.36 bits per heavy atom. The van der Waals surface area contributed by atoms with Crippen molar-refractivity contribution in [3.8, 4) is 5.75 Å². The first-order chi connectivity index (χ1) is 6.63. The molecule has 1 amide bonds. The molecule has 76 valence electrons. The molecule has 0 aliphatic heterocycles. The van der Waals surface area contributed by atoms with E-state index in [-0.39, 0.29) is 6.10 Å². The Bertz CT molecular complexity index is 306. The van der Waals surface area contributed by atoms with Crippen LogP contribution in [0.5, 0.6) is 5.75 Å². The fraction of sp³-hybridized carbons (Fsp3) is 0.300. The van der Waals surface area contributed by atoms with E-state index in [1.54, 1.807) is 29.7 Å². The molecule has 0 aromatic heterocycles. The third-order valence-electron chi connectivity index (χ3n) is 1.59. The number of carbonyl (C=O) groups excluding carboxylic acids is 1. The van der Waals surface area contributed by atoms with Crippen LogP contribution < -0.4 is 10.2 Å². The number of amides is 1. The monoisotopic (exact) mass is 195 g/mol. The first-order valence-corrected chi connectivity index (χ1v) is 4.34. The molecular formula is C10H13NO3. The lowest BCUT2D eigenvalue weighted by Gasteiger charge is -2.09. The van der Waals surface area contributed by atoms with Crippen LogP contribution in [0.1, 0.15) is 24.2 Å². The average molecular weight is 195 g/mol. The lowest BCUT2D eigenvalue weighted by Crippen LogP contribution is -2.18. The van der Waals surface area contributed by atoms with E-state index in [1.165, 1.54) is 0 Å². The van der Waals surface area contributed by atoms with E-state index in [0.717, 1.165) is 0 Å². The zero-order chi connectivity index (χ0) is 10.6. The summed E-state index contributed by atoms with van der Waals surface area (Å²) in [7, 11) is 0. The minimum atomic E-state index is -0.527. The summed E-state index contributed by atoms with van der Waals surface area (Å²) in [4.78, 5) is 10.9. The van der Waals surface area contributed by atoms with Crippen LogP contribution in [0, 0.1) is 0 Å². The molecule has 0 fully saturated rings. The van der Waals surface area contributed by atoms with Gasteiger partial charge in [-0.15, -0.1) is 0 Å². The van der Waals surface area contributed by atoms with E-state index in [4.69, 9.17) is 9.94 Å². The fourth-order valence-corrected chi connectivity index (χ4v) is 1.02. The van der Waals surface area contributed by atoms with Crippen molar-refractivity contribution < 1.29 is 14.7 Å². The number of benzene rings is 1. The molecule has 1 aromatic carbocycles. The van der Waals surface area contributed by atoms with Crippen LogP contribution in [-0.2, 0) is 0 Å². The maximum atomic E-state index is 10.9. The van der Waals surface area contributed by atoms with E-state index in [0.29, 0.717) is 11.3 Å². The predicted molar refractivity (Wildman–Crippen MR) is 51.5 cm³/mol. The summed E-state index contributed by atoms with van der Waals surface area (Å²) in [5, 5.41) is 8.37. The van der Waals surface area contributed by atoms with Gasteiger partial charge in [0.25, 0.3) is 5.91 Å². The minimum Gasteiger partial charge on any atom is -0.491 e. The Labute approximate surface area is 82.5 Å². The standard InChI is InChI=1S/C10H13NO3/c1-7(2)14-9-5-3-8(4-6-9)10(12)11-13/h3-7,13H,1-2H3,(H,11,12). The van der Waals surface area contributed by atoms with Gasteiger partial charge in [-0.05, 0) is 38.1 Å². The fourth-order valence-electron chi connectivity index (χ4n) is 1.02. The van der Waals surface area contributed by atoms with Crippen molar-refractivity contribution in [2.75, 3.05) is 0 Å². The smallest absolute Gasteiger partial charge is 0.274 e. The van der Waals surface area contributed by atoms with E-state index in [2.05, 4.69) is 0 Å². The SMILES string of the molecule is CC(C)Oc1ccc(C(=O)NO)cc1. The Hall–Kier alpha value is -1.55. The summed E-state index contributed by atoms with van der Waals surface area (Å²) in [5.74, 6) is 0.176. The van der Waals surface area contributed by atoms with Crippen molar-refractivity contribution in [1.29, 1.82) is 0 Å². The molecule has 1 aromatic rings. The molecule has 0 saturated carbocycles. The first kappa shape index (κ1) is 10.5. The highest BCUT2D eigenvalue weighted by atomic mass is 16.5. The van der Waals surface area contributed by atoms with Crippen LogP contribution in [0.4, 0.5) is 0 Å².